The minimum Gasteiger partial charge on any atom is -0.281 e. The highest BCUT2D eigenvalue weighted by atomic mass is 15.2. The van der Waals surface area contributed by atoms with Gasteiger partial charge in [0.15, 0.2) is 11.5 Å². The minimum absolute atomic E-state index is 0.814. The van der Waals surface area contributed by atoms with Crippen molar-refractivity contribution < 1.29 is 0 Å². The maximum atomic E-state index is 4.29. The van der Waals surface area contributed by atoms with Crippen LogP contribution in [0.2, 0.25) is 0 Å². The molecule has 0 unspecified atom stereocenters. The van der Waals surface area contributed by atoms with E-state index in [0.717, 1.165) is 28.2 Å². The van der Waals surface area contributed by atoms with Crippen LogP contribution in [0.25, 0.3) is 17.0 Å². The van der Waals surface area contributed by atoms with Crippen molar-refractivity contribution in [3.63, 3.8) is 0 Å². The molecule has 4 rings (SSSR count). The Labute approximate surface area is 134 Å². The van der Waals surface area contributed by atoms with Crippen LogP contribution >= 0.6 is 0 Å². The van der Waals surface area contributed by atoms with Crippen LogP contribution in [-0.2, 0) is 0 Å². The minimum atomic E-state index is 0.814. The van der Waals surface area contributed by atoms with Gasteiger partial charge in [0.25, 0.3) is 0 Å². The lowest BCUT2D eigenvalue weighted by atomic mass is 10.2. The van der Waals surface area contributed by atoms with E-state index in [4.69, 9.17) is 0 Å². The van der Waals surface area contributed by atoms with E-state index < -0.39 is 0 Å². The Kier molecular flexibility index (Phi) is 3.34. The molecule has 2 heterocycles. The van der Waals surface area contributed by atoms with Gasteiger partial charge in [-0.25, -0.2) is 0 Å². The van der Waals surface area contributed by atoms with E-state index in [1.54, 1.807) is 0 Å². The van der Waals surface area contributed by atoms with E-state index in [1.807, 2.05) is 83.4 Å². The van der Waals surface area contributed by atoms with E-state index >= 15 is 0 Å². The summed E-state index contributed by atoms with van der Waals surface area (Å²) in [7, 11) is 0. The molecule has 0 aliphatic heterocycles. The third kappa shape index (κ3) is 2.70. The summed E-state index contributed by atoms with van der Waals surface area (Å²) >= 11 is 0. The van der Waals surface area contributed by atoms with Crippen molar-refractivity contribution in [1.29, 1.82) is 0 Å². The van der Waals surface area contributed by atoms with Crippen molar-refractivity contribution in [3.05, 3.63) is 90.1 Å². The Bertz CT molecular complexity index is 1010. The van der Waals surface area contributed by atoms with Crippen molar-refractivity contribution in [2.24, 2.45) is 0 Å². The van der Waals surface area contributed by atoms with Crippen LogP contribution in [0.15, 0.2) is 79.0 Å². The number of benzene rings is 2. The predicted octanol–water partition coefficient (Wildman–Crippen LogP) is 3.80. The molecular formula is C20H13N3. The average Bonchev–Trinajstić information content (AvgIpc) is 3.05. The molecule has 3 nitrogen and oxygen atoms in total. The molecule has 0 aliphatic rings. The third-order valence-electron chi connectivity index (χ3n) is 3.56. The lowest BCUT2D eigenvalue weighted by Gasteiger charge is -2.00. The van der Waals surface area contributed by atoms with Gasteiger partial charge in [0.1, 0.15) is 0 Å². The zero-order valence-electron chi connectivity index (χ0n) is 12.3. The quantitative estimate of drug-likeness (QED) is 0.500. The van der Waals surface area contributed by atoms with Gasteiger partial charge in [-0.3, -0.25) is 4.40 Å². The summed E-state index contributed by atoms with van der Waals surface area (Å²) in [5, 5.41) is 8.51. The maximum Gasteiger partial charge on any atom is 0.168 e. The van der Waals surface area contributed by atoms with E-state index in [9.17, 15) is 0 Å². The van der Waals surface area contributed by atoms with Gasteiger partial charge in [-0.15, -0.1) is 10.2 Å². The van der Waals surface area contributed by atoms with Crippen molar-refractivity contribution in [1.82, 2.24) is 14.6 Å². The molecule has 3 heteroatoms. The van der Waals surface area contributed by atoms with Gasteiger partial charge in [-0.1, -0.05) is 60.4 Å². The standard InChI is InChI=1S/C20H13N3/c1-3-7-16(8-4-1)11-12-17-13-14-19-21-22-20(23(19)15-17)18-9-5-2-6-10-18/h1-10,13-15H. The first-order valence-electron chi connectivity index (χ1n) is 7.37. The Balaban J connectivity index is 1.78. The van der Waals surface area contributed by atoms with Gasteiger partial charge in [-0.2, -0.15) is 0 Å². The van der Waals surface area contributed by atoms with Crippen LogP contribution < -0.4 is 0 Å². The predicted molar refractivity (Wildman–Crippen MR) is 90.8 cm³/mol. The lowest BCUT2D eigenvalue weighted by Crippen LogP contribution is -1.90. The first-order valence-corrected chi connectivity index (χ1v) is 7.37. The van der Waals surface area contributed by atoms with Gasteiger partial charge in [0.2, 0.25) is 0 Å². The summed E-state index contributed by atoms with van der Waals surface area (Å²) in [5.74, 6) is 7.19. The summed E-state index contributed by atoms with van der Waals surface area (Å²) in [4.78, 5) is 0. The van der Waals surface area contributed by atoms with Crippen LogP contribution in [0.1, 0.15) is 11.1 Å². The Morgan fingerprint density at radius 2 is 1.35 bits per heavy atom. The van der Waals surface area contributed by atoms with Crippen molar-refractivity contribution >= 4 is 5.65 Å². The van der Waals surface area contributed by atoms with Crippen molar-refractivity contribution in [2.75, 3.05) is 0 Å². The molecule has 4 aromatic rings. The number of rotatable bonds is 1. The topological polar surface area (TPSA) is 30.2 Å². The van der Waals surface area contributed by atoms with Gasteiger partial charge in [0.05, 0.1) is 0 Å². The Morgan fingerprint density at radius 1 is 0.652 bits per heavy atom. The first-order chi connectivity index (χ1) is 11.4. The first kappa shape index (κ1) is 13.3. The van der Waals surface area contributed by atoms with Crippen LogP contribution in [0.3, 0.4) is 0 Å². The zero-order valence-corrected chi connectivity index (χ0v) is 12.3. The molecule has 108 valence electrons. The van der Waals surface area contributed by atoms with Crippen molar-refractivity contribution in [3.8, 4) is 23.2 Å². The molecule has 0 bridgehead atoms. The highest BCUT2D eigenvalue weighted by molar-refractivity contribution is 5.60. The molecule has 0 atom stereocenters. The fourth-order valence-electron chi connectivity index (χ4n) is 2.41. The maximum absolute atomic E-state index is 4.29. The second-order valence-electron chi connectivity index (χ2n) is 5.15. The molecule has 2 aromatic carbocycles. The van der Waals surface area contributed by atoms with Crippen LogP contribution in [0.4, 0.5) is 0 Å². The van der Waals surface area contributed by atoms with Gasteiger partial charge < -0.3 is 0 Å². The molecule has 23 heavy (non-hydrogen) atoms. The highest BCUT2D eigenvalue weighted by Gasteiger charge is 2.07. The van der Waals surface area contributed by atoms with Crippen LogP contribution in [0.5, 0.6) is 0 Å². The van der Waals surface area contributed by atoms with E-state index in [1.165, 1.54) is 0 Å². The monoisotopic (exact) mass is 295 g/mol. The number of hydrogen-bond acceptors (Lipinski definition) is 2. The molecule has 0 radical (unpaired) electrons. The van der Waals surface area contributed by atoms with Gasteiger partial charge in [-0.05, 0) is 24.3 Å². The summed E-state index contributed by atoms with van der Waals surface area (Å²) in [6.07, 6.45) is 1.98. The molecule has 0 saturated heterocycles. The number of fused-ring (bicyclic) bond motifs is 1. The third-order valence-corrected chi connectivity index (χ3v) is 3.56. The number of aromatic nitrogens is 3. The average molecular weight is 295 g/mol. The van der Waals surface area contributed by atoms with Crippen LogP contribution in [-0.4, -0.2) is 14.6 Å². The summed E-state index contributed by atoms with van der Waals surface area (Å²) in [6.45, 7) is 0. The van der Waals surface area contributed by atoms with Gasteiger partial charge >= 0.3 is 0 Å². The normalized spacial score (nSPS) is 10.3. The molecular weight excluding hydrogens is 282 g/mol. The SMILES string of the molecule is C(#Cc1ccc2nnc(-c3ccccc3)n2c1)c1ccccc1. The molecule has 0 N–H and O–H groups in total. The van der Waals surface area contributed by atoms with Crippen molar-refractivity contribution in [2.45, 2.75) is 0 Å². The fourth-order valence-corrected chi connectivity index (χ4v) is 2.41. The molecule has 0 aliphatic carbocycles. The van der Waals surface area contributed by atoms with Gasteiger partial charge in [0, 0.05) is 22.9 Å². The van der Waals surface area contributed by atoms with E-state index in [0.29, 0.717) is 0 Å². The lowest BCUT2D eigenvalue weighted by molar-refractivity contribution is 1.11. The van der Waals surface area contributed by atoms with E-state index in [2.05, 4.69) is 22.0 Å². The zero-order chi connectivity index (χ0) is 15.5. The number of nitrogens with zero attached hydrogens (tertiary/aromatic N) is 3. The second kappa shape index (κ2) is 5.78. The molecule has 2 aromatic heterocycles. The molecule has 0 spiro atoms. The second-order valence-corrected chi connectivity index (χ2v) is 5.15. The molecule has 0 amide bonds. The summed E-state index contributed by atoms with van der Waals surface area (Å²) in [6, 6.07) is 23.9. The fraction of sp³-hybridized carbons (Fsp3) is 0. The Morgan fingerprint density at radius 3 is 2.13 bits per heavy atom. The number of pyridine rings is 1. The van der Waals surface area contributed by atoms with E-state index in [-0.39, 0.29) is 0 Å². The number of hydrogen-bond donors (Lipinski definition) is 0. The van der Waals surface area contributed by atoms with Crippen LogP contribution in [0, 0.1) is 11.8 Å². The smallest absolute Gasteiger partial charge is 0.168 e. The summed E-state index contributed by atoms with van der Waals surface area (Å²) < 4.78 is 1.98. The highest BCUT2D eigenvalue weighted by Crippen LogP contribution is 2.18. The Hall–Kier alpha value is -3.38. The summed E-state index contributed by atoms with van der Waals surface area (Å²) in [5.41, 5.74) is 3.78. The molecule has 0 saturated carbocycles. The largest absolute Gasteiger partial charge is 0.281 e. The molecule has 0 fully saturated rings.